The van der Waals surface area contributed by atoms with Crippen LogP contribution in [0, 0.1) is 12.8 Å². The van der Waals surface area contributed by atoms with Gasteiger partial charge in [0.25, 0.3) is 0 Å². The van der Waals surface area contributed by atoms with Crippen LogP contribution in [0.2, 0.25) is 0 Å². The highest BCUT2D eigenvalue weighted by atomic mass is 16.4. The van der Waals surface area contributed by atoms with Crippen molar-refractivity contribution in [3.8, 4) is 0 Å². The molecule has 2 rings (SSSR count). The minimum absolute atomic E-state index is 0.140. The number of hydrogen-bond acceptors (Lipinski definition) is 2. The van der Waals surface area contributed by atoms with Crippen molar-refractivity contribution in [1.82, 2.24) is 10.2 Å². The molecule has 2 N–H and O–H groups in total. The van der Waals surface area contributed by atoms with Crippen molar-refractivity contribution in [2.75, 3.05) is 0 Å². The van der Waals surface area contributed by atoms with Crippen LogP contribution in [0.3, 0.4) is 0 Å². The summed E-state index contributed by atoms with van der Waals surface area (Å²) in [5.74, 6) is -0.891. The lowest BCUT2D eigenvalue weighted by Gasteiger charge is -2.15. The first kappa shape index (κ1) is 9.24. The molecule has 0 aliphatic heterocycles. The SMILES string of the molecule is Cc1[nH]nc2c1C(C(C)C(=O)O)CC2. The molecule has 2 unspecified atom stereocenters. The van der Waals surface area contributed by atoms with E-state index in [4.69, 9.17) is 5.11 Å². The van der Waals surface area contributed by atoms with E-state index in [1.165, 1.54) is 0 Å². The Bertz CT molecular complexity index is 370. The molecule has 0 saturated carbocycles. The number of carboxylic acids is 1. The first-order valence-electron chi connectivity index (χ1n) is 4.87. The number of fused-ring (bicyclic) bond motifs is 1. The quantitative estimate of drug-likeness (QED) is 0.749. The minimum atomic E-state index is -0.719. The maximum atomic E-state index is 10.9. The standard InChI is InChI=1S/C10H14N2O2/c1-5(10(13)14)7-3-4-8-9(7)6(2)11-12-8/h5,7H,3-4H2,1-2H3,(H,11,12)(H,13,14). The summed E-state index contributed by atoms with van der Waals surface area (Å²) in [6, 6.07) is 0. The third-order valence-electron chi connectivity index (χ3n) is 3.13. The number of hydrogen-bond donors (Lipinski definition) is 2. The number of rotatable bonds is 2. The second-order valence-electron chi connectivity index (χ2n) is 3.98. The number of aliphatic carboxylic acids is 1. The van der Waals surface area contributed by atoms with Crippen LogP contribution in [-0.2, 0) is 11.2 Å². The zero-order valence-corrected chi connectivity index (χ0v) is 8.37. The third-order valence-corrected chi connectivity index (χ3v) is 3.13. The van der Waals surface area contributed by atoms with Gasteiger partial charge in [-0.1, -0.05) is 6.92 Å². The van der Waals surface area contributed by atoms with Crippen LogP contribution in [-0.4, -0.2) is 21.3 Å². The van der Waals surface area contributed by atoms with Gasteiger partial charge in [-0.2, -0.15) is 5.10 Å². The summed E-state index contributed by atoms with van der Waals surface area (Å²) in [5, 5.41) is 16.1. The van der Waals surface area contributed by atoms with Crippen LogP contribution in [0.25, 0.3) is 0 Å². The molecule has 1 aliphatic rings. The number of aromatic amines is 1. The molecule has 4 nitrogen and oxygen atoms in total. The molecule has 0 radical (unpaired) electrons. The van der Waals surface area contributed by atoms with Gasteiger partial charge in [0.05, 0.1) is 11.6 Å². The van der Waals surface area contributed by atoms with E-state index in [-0.39, 0.29) is 11.8 Å². The van der Waals surface area contributed by atoms with E-state index < -0.39 is 5.97 Å². The van der Waals surface area contributed by atoms with Gasteiger partial charge in [0.1, 0.15) is 0 Å². The Morgan fingerprint density at radius 3 is 3.07 bits per heavy atom. The van der Waals surface area contributed by atoms with Gasteiger partial charge in [-0.3, -0.25) is 9.89 Å². The van der Waals surface area contributed by atoms with Gasteiger partial charge in [-0.15, -0.1) is 0 Å². The number of H-pyrrole nitrogens is 1. The van der Waals surface area contributed by atoms with E-state index in [9.17, 15) is 4.79 Å². The van der Waals surface area contributed by atoms with E-state index in [0.29, 0.717) is 0 Å². The average molecular weight is 194 g/mol. The lowest BCUT2D eigenvalue weighted by atomic mass is 9.89. The molecule has 0 bridgehead atoms. The molecule has 1 aromatic rings. The first-order valence-corrected chi connectivity index (χ1v) is 4.87. The Morgan fingerprint density at radius 1 is 1.71 bits per heavy atom. The Hall–Kier alpha value is -1.32. The van der Waals surface area contributed by atoms with Gasteiger partial charge in [-0.05, 0) is 25.3 Å². The van der Waals surface area contributed by atoms with Crippen molar-refractivity contribution in [3.63, 3.8) is 0 Å². The van der Waals surface area contributed by atoms with Crippen molar-refractivity contribution in [2.24, 2.45) is 5.92 Å². The Balaban J connectivity index is 2.33. The summed E-state index contributed by atoms with van der Waals surface area (Å²) in [6.45, 7) is 3.73. The van der Waals surface area contributed by atoms with Crippen LogP contribution in [0.15, 0.2) is 0 Å². The highest BCUT2D eigenvalue weighted by Gasteiger charge is 2.34. The molecule has 2 atom stereocenters. The number of aromatic nitrogens is 2. The van der Waals surface area contributed by atoms with Crippen LogP contribution in [0.1, 0.15) is 36.2 Å². The monoisotopic (exact) mass is 194 g/mol. The molecule has 0 aromatic carbocycles. The third kappa shape index (κ3) is 1.22. The topological polar surface area (TPSA) is 66.0 Å². The van der Waals surface area contributed by atoms with Crippen LogP contribution < -0.4 is 0 Å². The first-order chi connectivity index (χ1) is 6.61. The maximum Gasteiger partial charge on any atom is 0.306 e. The van der Waals surface area contributed by atoms with Gasteiger partial charge in [-0.25, -0.2) is 0 Å². The molecule has 14 heavy (non-hydrogen) atoms. The molecule has 0 amide bonds. The lowest BCUT2D eigenvalue weighted by molar-refractivity contribution is -0.141. The van der Waals surface area contributed by atoms with Crippen molar-refractivity contribution < 1.29 is 9.90 Å². The molecule has 0 spiro atoms. The Kier molecular flexibility index (Phi) is 2.06. The summed E-state index contributed by atoms with van der Waals surface area (Å²) in [4.78, 5) is 10.9. The van der Waals surface area contributed by atoms with E-state index in [0.717, 1.165) is 29.8 Å². The van der Waals surface area contributed by atoms with Gasteiger partial charge >= 0.3 is 5.97 Å². The maximum absolute atomic E-state index is 10.9. The van der Waals surface area contributed by atoms with Crippen LogP contribution in [0.5, 0.6) is 0 Å². The second kappa shape index (κ2) is 3.12. The minimum Gasteiger partial charge on any atom is -0.481 e. The lowest BCUT2D eigenvalue weighted by Crippen LogP contribution is -2.17. The van der Waals surface area contributed by atoms with Gasteiger partial charge < -0.3 is 5.11 Å². The summed E-state index contributed by atoms with van der Waals surface area (Å²) in [5.41, 5.74) is 3.22. The van der Waals surface area contributed by atoms with Crippen molar-refractivity contribution >= 4 is 5.97 Å². The number of carboxylic acid groups (broad SMARTS) is 1. The molecule has 1 aromatic heterocycles. The average Bonchev–Trinajstić information content (AvgIpc) is 2.68. The summed E-state index contributed by atoms with van der Waals surface area (Å²) in [7, 11) is 0. The smallest absolute Gasteiger partial charge is 0.306 e. The normalized spacial score (nSPS) is 22.0. The fourth-order valence-corrected chi connectivity index (χ4v) is 2.28. The molecule has 0 saturated heterocycles. The zero-order chi connectivity index (χ0) is 10.3. The predicted molar refractivity (Wildman–Crippen MR) is 51.2 cm³/mol. The van der Waals surface area contributed by atoms with Gasteiger partial charge in [0.2, 0.25) is 0 Å². The predicted octanol–water partition coefficient (Wildman–Crippen LogP) is 1.47. The highest BCUT2D eigenvalue weighted by Crippen LogP contribution is 2.39. The fourth-order valence-electron chi connectivity index (χ4n) is 2.28. The van der Waals surface area contributed by atoms with Crippen LogP contribution >= 0.6 is 0 Å². The molecular formula is C10H14N2O2. The molecule has 1 aliphatic carbocycles. The van der Waals surface area contributed by atoms with E-state index in [1.54, 1.807) is 6.92 Å². The summed E-state index contributed by atoms with van der Waals surface area (Å²) >= 11 is 0. The fraction of sp³-hybridized carbons (Fsp3) is 0.600. The number of carbonyl (C=O) groups is 1. The highest BCUT2D eigenvalue weighted by molar-refractivity contribution is 5.71. The molecule has 4 heteroatoms. The zero-order valence-electron chi connectivity index (χ0n) is 8.37. The summed E-state index contributed by atoms with van der Waals surface area (Å²) in [6.07, 6.45) is 1.82. The molecular weight excluding hydrogens is 180 g/mol. The number of nitrogens with zero attached hydrogens (tertiary/aromatic N) is 1. The Labute approximate surface area is 82.3 Å². The van der Waals surface area contributed by atoms with E-state index in [1.807, 2.05) is 6.92 Å². The van der Waals surface area contributed by atoms with Crippen molar-refractivity contribution in [1.29, 1.82) is 0 Å². The van der Waals surface area contributed by atoms with E-state index >= 15 is 0 Å². The van der Waals surface area contributed by atoms with Crippen molar-refractivity contribution in [2.45, 2.75) is 32.6 Å². The Morgan fingerprint density at radius 2 is 2.43 bits per heavy atom. The largest absolute Gasteiger partial charge is 0.481 e. The summed E-state index contributed by atoms with van der Waals surface area (Å²) < 4.78 is 0. The van der Waals surface area contributed by atoms with Crippen molar-refractivity contribution in [3.05, 3.63) is 17.0 Å². The second-order valence-corrected chi connectivity index (χ2v) is 3.98. The molecule has 0 fully saturated rings. The van der Waals surface area contributed by atoms with E-state index in [2.05, 4.69) is 10.2 Å². The number of aryl methyl sites for hydroxylation is 2. The molecule has 1 heterocycles. The molecule has 76 valence electrons. The number of nitrogens with one attached hydrogen (secondary N) is 1. The van der Waals surface area contributed by atoms with Crippen LogP contribution in [0.4, 0.5) is 0 Å². The van der Waals surface area contributed by atoms with Gasteiger partial charge in [0, 0.05) is 11.6 Å². The van der Waals surface area contributed by atoms with Gasteiger partial charge in [0.15, 0.2) is 0 Å².